The van der Waals surface area contributed by atoms with Crippen molar-refractivity contribution in [2.24, 2.45) is 0 Å². The van der Waals surface area contributed by atoms with Crippen LogP contribution in [0.5, 0.6) is 0 Å². The highest BCUT2D eigenvalue weighted by molar-refractivity contribution is 7.92. The summed E-state index contributed by atoms with van der Waals surface area (Å²) in [6.45, 7) is 2.89. The van der Waals surface area contributed by atoms with Gasteiger partial charge in [0.05, 0.1) is 11.9 Å². The minimum Gasteiger partial charge on any atom is -0.352 e. The minimum absolute atomic E-state index is 0.0510. The number of carbonyl (C=O) groups is 2. The molecule has 0 radical (unpaired) electrons. The first-order chi connectivity index (χ1) is 16.5. The monoisotopic (exact) mass is 507 g/mol. The molecule has 1 N–H and O–H groups in total. The van der Waals surface area contributed by atoms with Gasteiger partial charge in [0.25, 0.3) is 0 Å². The van der Waals surface area contributed by atoms with Gasteiger partial charge in [-0.3, -0.25) is 13.9 Å². The summed E-state index contributed by atoms with van der Waals surface area (Å²) in [7, 11) is -4.03. The average Bonchev–Trinajstić information content (AvgIpc) is 3.30. The second-order valence-corrected chi connectivity index (χ2v) is 10.9. The maximum Gasteiger partial charge on any atom is 0.244 e. The molecule has 1 aliphatic carbocycles. The zero-order chi connectivity index (χ0) is 25.8. The zero-order valence-electron chi connectivity index (χ0n) is 20.1. The third-order valence-electron chi connectivity index (χ3n) is 6.34. The van der Waals surface area contributed by atoms with Gasteiger partial charge in [0.1, 0.15) is 12.6 Å². The largest absolute Gasteiger partial charge is 0.352 e. The number of sulfonamides is 1. The van der Waals surface area contributed by atoms with Gasteiger partial charge in [0, 0.05) is 18.7 Å². The number of aryl methyl sites for hydroxylation is 1. The molecular formula is C25H31F2N3O4S. The number of rotatable bonds is 9. The lowest BCUT2D eigenvalue weighted by molar-refractivity contribution is -0.139. The summed E-state index contributed by atoms with van der Waals surface area (Å²) in [5, 5.41) is 2.99. The third-order valence-corrected chi connectivity index (χ3v) is 7.48. The molecular weight excluding hydrogens is 476 g/mol. The van der Waals surface area contributed by atoms with E-state index in [0.717, 1.165) is 61.3 Å². The Bertz CT molecular complexity index is 1180. The second-order valence-electron chi connectivity index (χ2n) is 8.98. The highest BCUT2D eigenvalue weighted by Gasteiger charge is 2.31. The summed E-state index contributed by atoms with van der Waals surface area (Å²) in [4.78, 5) is 27.8. The predicted octanol–water partition coefficient (Wildman–Crippen LogP) is 3.52. The molecule has 0 spiro atoms. The lowest BCUT2D eigenvalue weighted by Crippen LogP contribution is -2.52. The van der Waals surface area contributed by atoms with Crippen LogP contribution in [0.4, 0.5) is 14.5 Å². The van der Waals surface area contributed by atoms with E-state index in [9.17, 15) is 26.8 Å². The molecule has 0 aliphatic heterocycles. The Balaban J connectivity index is 1.90. The standard InChI is InChI=1S/C25H31F2N3O4S/c1-17-8-4-5-9-19(17)15-29(18(2)25(32)28-20-10-6-7-11-20)24(31)16-30(35(3,33)34)21-12-13-22(26)23(27)14-21/h4-5,8-9,12-14,18,20H,6-7,10-11,15-16H2,1-3H3,(H,28,32)/t18-/m0/s1. The third kappa shape index (κ3) is 6.78. The fraction of sp³-hybridized carbons (Fsp3) is 0.440. The molecule has 0 heterocycles. The molecule has 3 rings (SSSR count). The Labute approximate surface area is 205 Å². The van der Waals surface area contributed by atoms with Crippen LogP contribution in [0.25, 0.3) is 0 Å². The van der Waals surface area contributed by atoms with Gasteiger partial charge in [0.2, 0.25) is 21.8 Å². The lowest BCUT2D eigenvalue weighted by Gasteiger charge is -2.32. The van der Waals surface area contributed by atoms with E-state index in [2.05, 4.69) is 5.32 Å². The van der Waals surface area contributed by atoms with Gasteiger partial charge in [-0.05, 0) is 49.9 Å². The first-order valence-corrected chi connectivity index (χ1v) is 13.4. The van der Waals surface area contributed by atoms with Gasteiger partial charge in [-0.2, -0.15) is 0 Å². The van der Waals surface area contributed by atoms with E-state index in [1.807, 2.05) is 31.2 Å². The highest BCUT2D eigenvalue weighted by Crippen LogP contribution is 2.22. The van der Waals surface area contributed by atoms with Crippen LogP contribution in [0.1, 0.15) is 43.7 Å². The van der Waals surface area contributed by atoms with Crippen molar-refractivity contribution < 1.29 is 26.8 Å². The maximum atomic E-state index is 13.8. The van der Waals surface area contributed by atoms with Crippen LogP contribution in [-0.4, -0.2) is 50.0 Å². The average molecular weight is 508 g/mol. The summed E-state index contributed by atoms with van der Waals surface area (Å²) in [6.07, 6.45) is 4.69. The molecule has 7 nitrogen and oxygen atoms in total. The van der Waals surface area contributed by atoms with Crippen LogP contribution < -0.4 is 9.62 Å². The summed E-state index contributed by atoms with van der Waals surface area (Å²) in [6, 6.07) is 9.18. The fourth-order valence-electron chi connectivity index (χ4n) is 4.20. The van der Waals surface area contributed by atoms with Crippen LogP contribution in [0, 0.1) is 18.6 Å². The molecule has 1 fully saturated rings. The molecule has 2 aromatic carbocycles. The quantitative estimate of drug-likeness (QED) is 0.563. The Kier molecular flexibility index (Phi) is 8.47. The molecule has 0 bridgehead atoms. The van der Waals surface area contributed by atoms with E-state index in [0.29, 0.717) is 4.31 Å². The number of amides is 2. The van der Waals surface area contributed by atoms with E-state index >= 15 is 0 Å². The molecule has 0 unspecified atom stereocenters. The molecule has 1 saturated carbocycles. The first-order valence-electron chi connectivity index (χ1n) is 11.5. The number of carbonyl (C=O) groups excluding carboxylic acids is 2. The predicted molar refractivity (Wildman–Crippen MR) is 130 cm³/mol. The molecule has 10 heteroatoms. The number of benzene rings is 2. The van der Waals surface area contributed by atoms with Gasteiger partial charge < -0.3 is 10.2 Å². The van der Waals surface area contributed by atoms with Crippen molar-refractivity contribution in [3.05, 3.63) is 65.2 Å². The minimum atomic E-state index is -4.03. The van der Waals surface area contributed by atoms with Gasteiger partial charge in [-0.15, -0.1) is 0 Å². The number of nitrogens with zero attached hydrogens (tertiary/aromatic N) is 2. The summed E-state index contributed by atoms with van der Waals surface area (Å²) >= 11 is 0. The zero-order valence-corrected chi connectivity index (χ0v) is 20.9. The van der Waals surface area contributed by atoms with Crippen molar-refractivity contribution in [1.82, 2.24) is 10.2 Å². The van der Waals surface area contributed by atoms with Gasteiger partial charge in [0.15, 0.2) is 11.6 Å². The summed E-state index contributed by atoms with van der Waals surface area (Å²) in [5.41, 5.74) is 1.54. The van der Waals surface area contributed by atoms with E-state index in [1.165, 1.54) is 4.90 Å². The molecule has 0 aromatic heterocycles. The van der Waals surface area contributed by atoms with E-state index in [-0.39, 0.29) is 24.2 Å². The highest BCUT2D eigenvalue weighted by atomic mass is 32.2. The van der Waals surface area contributed by atoms with Crippen molar-refractivity contribution in [2.75, 3.05) is 17.1 Å². The Hall–Kier alpha value is -3.01. The van der Waals surface area contributed by atoms with Crippen LogP contribution in [0.2, 0.25) is 0 Å². The summed E-state index contributed by atoms with van der Waals surface area (Å²) < 4.78 is 53.0. The normalized spacial score (nSPS) is 15.0. The molecule has 1 aliphatic rings. The Morgan fingerprint density at radius 2 is 1.74 bits per heavy atom. The van der Waals surface area contributed by atoms with Crippen LogP contribution in [0.15, 0.2) is 42.5 Å². The van der Waals surface area contributed by atoms with Gasteiger partial charge in [-0.1, -0.05) is 37.1 Å². The number of hydrogen-bond donors (Lipinski definition) is 1. The van der Waals surface area contributed by atoms with E-state index < -0.39 is 40.2 Å². The molecule has 190 valence electrons. The number of anilines is 1. The molecule has 2 aromatic rings. The maximum absolute atomic E-state index is 13.8. The SMILES string of the molecule is Cc1ccccc1CN(C(=O)CN(c1ccc(F)c(F)c1)S(C)(=O)=O)[C@@H](C)C(=O)NC1CCCC1. The number of hydrogen-bond acceptors (Lipinski definition) is 4. The van der Waals surface area contributed by atoms with Gasteiger partial charge in [-0.25, -0.2) is 17.2 Å². The van der Waals surface area contributed by atoms with Crippen molar-refractivity contribution in [1.29, 1.82) is 0 Å². The smallest absolute Gasteiger partial charge is 0.244 e. The molecule has 2 amide bonds. The van der Waals surface area contributed by atoms with Crippen LogP contribution >= 0.6 is 0 Å². The van der Waals surface area contributed by atoms with Crippen molar-refractivity contribution in [2.45, 2.75) is 58.2 Å². The second kappa shape index (κ2) is 11.2. The topological polar surface area (TPSA) is 86.8 Å². The summed E-state index contributed by atoms with van der Waals surface area (Å²) in [5.74, 6) is -3.33. The molecule has 35 heavy (non-hydrogen) atoms. The van der Waals surface area contributed by atoms with Crippen molar-refractivity contribution in [3.63, 3.8) is 0 Å². The number of halogens is 2. The molecule has 0 saturated heterocycles. The first kappa shape index (κ1) is 26.6. The van der Waals surface area contributed by atoms with Crippen LogP contribution in [0.3, 0.4) is 0 Å². The number of nitrogens with one attached hydrogen (secondary N) is 1. The van der Waals surface area contributed by atoms with Gasteiger partial charge >= 0.3 is 0 Å². The van der Waals surface area contributed by atoms with Crippen LogP contribution in [-0.2, 0) is 26.2 Å². The van der Waals surface area contributed by atoms with E-state index in [1.54, 1.807) is 6.92 Å². The molecule has 1 atom stereocenters. The van der Waals surface area contributed by atoms with Crippen molar-refractivity contribution >= 4 is 27.5 Å². The fourth-order valence-corrected chi connectivity index (χ4v) is 5.04. The lowest BCUT2D eigenvalue weighted by atomic mass is 10.1. The Morgan fingerprint density at radius 1 is 1.09 bits per heavy atom. The van der Waals surface area contributed by atoms with Crippen molar-refractivity contribution in [3.8, 4) is 0 Å². The van der Waals surface area contributed by atoms with E-state index in [4.69, 9.17) is 0 Å². The Morgan fingerprint density at radius 3 is 2.34 bits per heavy atom.